The summed E-state index contributed by atoms with van der Waals surface area (Å²) in [5.74, 6) is 2.54. The van der Waals surface area contributed by atoms with E-state index >= 15 is 0 Å². The van der Waals surface area contributed by atoms with Crippen LogP contribution in [-0.4, -0.2) is 35.2 Å². The highest BCUT2D eigenvalue weighted by molar-refractivity contribution is 7.98. The van der Waals surface area contributed by atoms with Crippen molar-refractivity contribution in [2.45, 2.75) is 17.9 Å². The second-order valence-electron chi connectivity index (χ2n) is 4.00. The lowest BCUT2D eigenvalue weighted by Gasteiger charge is -2.17. The third-order valence-electron chi connectivity index (χ3n) is 2.96. The Kier molecular flexibility index (Phi) is 4.29. The Hall–Kier alpha value is -0.480. The van der Waals surface area contributed by atoms with Crippen LogP contribution in [0.5, 0.6) is 0 Å². The molecule has 1 aromatic heterocycles. The van der Waals surface area contributed by atoms with Crippen LogP contribution in [0.25, 0.3) is 0 Å². The average Bonchev–Trinajstić information content (AvgIpc) is 2.78. The topological polar surface area (TPSA) is 29.0 Å². The molecule has 0 N–H and O–H groups in total. The molecule has 3 nitrogen and oxygen atoms in total. The van der Waals surface area contributed by atoms with Crippen LogP contribution in [0.15, 0.2) is 17.4 Å². The van der Waals surface area contributed by atoms with Crippen LogP contribution in [0, 0.1) is 5.92 Å². The van der Waals surface area contributed by atoms with E-state index in [1.165, 1.54) is 6.42 Å². The molecule has 5 heteroatoms. The van der Waals surface area contributed by atoms with Gasteiger partial charge in [0.15, 0.2) is 0 Å². The van der Waals surface area contributed by atoms with E-state index in [9.17, 15) is 0 Å². The molecule has 0 saturated carbocycles. The molecule has 2 heterocycles. The molecule has 0 aliphatic carbocycles. The lowest BCUT2D eigenvalue weighted by Crippen LogP contribution is -2.21. The molecule has 88 valence electrons. The van der Waals surface area contributed by atoms with Crippen LogP contribution in [0.2, 0.25) is 0 Å². The maximum Gasteiger partial charge on any atom is 0.133 e. The first kappa shape index (κ1) is 12.0. The van der Waals surface area contributed by atoms with Crippen LogP contribution >= 0.6 is 23.4 Å². The molecule has 1 aliphatic heterocycles. The molecule has 0 spiro atoms. The van der Waals surface area contributed by atoms with Gasteiger partial charge in [-0.25, -0.2) is 9.97 Å². The molecular formula is C11H16ClN3S. The molecule has 0 aromatic carbocycles. The SMILES string of the molecule is CSc1cc(N2CCC(CCCl)C2)ncn1. The molecule has 1 saturated heterocycles. The zero-order chi connectivity index (χ0) is 11.4. The Labute approximate surface area is 106 Å². The Morgan fingerprint density at radius 3 is 3.19 bits per heavy atom. The van der Waals surface area contributed by atoms with Crippen molar-refractivity contribution in [3.63, 3.8) is 0 Å². The molecule has 16 heavy (non-hydrogen) atoms. The number of hydrogen-bond acceptors (Lipinski definition) is 4. The summed E-state index contributed by atoms with van der Waals surface area (Å²) in [6.07, 6.45) is 6.02. The van der Waals surface area contributed by atoms with Gasteiger partial charge in [0.25, 0.3) is 0 Å². The summed E-state index contributed by atoms with van der Waals surface area (Å²) in [7, 11) is 0. The molecule has 0 radical (unpaired) electrons. The van der Waals surface area contributed by atoms with Crippen molar-refractivity contribution in [2.24, 2.45) is 5.92 Å². The quantitative estimate of drug-likeness (QED) is 0.471. The number of aromatic nitrogens is 2. The second-order valence-corrected chi connectivity index (χ2v) is 5.20. The van der Waals surface area contributed by atoms with Crippen molar-refractivity contribution in [2.75, 3.05) is 30.1 Å². The molecule has 1 atom stereocenters. The van der Waals surface area contributed by atoms with Gasteiger partial charge in [0.2, 0.25) is 0 Å². The zero-order valence-corrected chi connectivity index (χ0v) is 11.0. The van der Waals surface area contributed by atoms with Crippen LogP contribution in [0.4, 0.5) is 5.82 Å². The van der Waals surface area contributed by atoms with E-state index in [0.717, 1.165) is 42.2 Å². The summed E-state index contributed by atoms with van der Waals surface area (Å²) in [6.45, 7) is 2.17. The zero-order valence-electron chi connectivity index (χ0n) is 9.40. The van der Waals surface area contributed by atoms with E-state index in [2.05, 4.69) is 20.9 Å². The first-order valence-corrected chi connectivity index (χ1v) is 7.26. The van der Waals surface area contributed by atoms with Crippen LogP contribution in [0.3, 0.4) is 0 Å². The number of anilines is 1. The Morgan fingerprint density at radius 1 is 1.56 bits per heavy atom. The van der Waals surface area contributed by atoms with Gasteiger partial charge in [0.1, 0.15) is 17.2 Å². The monoisotopic (exact) mass is 257 g/mol. The molecule has 1 aliphatic rings. The summed E-state index contributed by atoms with van der Waals surface area (Å²) in [6, 6.07) is 2.06. The predicted octanol–water partition coefficient (Wildman–Crippen LogP) is 2.65. The van der Waals surface area contributed by atoms with E-state index in [-0.39, 0.29) is 0 Å². The van der Waals surface area contributed by atoms with Gasteiger partial charge in [-0.05, 0) is 25.0 Å². The minimum absolute atomic E-state index is 0.727. The summed E-state index contributed by atoms with van der Waals surface area (Å²) < 4.78 is 0. The second kappa shape index (κ2) is 5.73. The smallest absolute Gasteiger partial charge is 0.133 e. The fourth-order valence-electron chi connectivity index (χ4n) is 2.05. The molecule has 1 fully saturated rings. The highest BCUT2D eigenvalue weighted by atomic mass is 35.5. The minimum atomic E-state index is 0.727. The Balaban J connectivity index is 2.02. The Bertz CT molecular complexity index is 348. The van der Waals surface area contributed by atoms with E-state index in [1.54, 1.807) is 18.1 Å². The highest BCUT2D eigenvalue weighted by Crippen LogP contribution is 2.25. The van der Waals surface area contributed by atoms with E-state index < -0.39 is 0 Å². The molecule has 0 amide bonds. The first-order valence-electron chi connectivity index (χ1n) is 5.50. The van der Waals surface area contributed by atoms with E-state index in [1.807, 2.05) is 6.26 Å². The van der Waals surface area contributed by atoms with Crippen molar-refractivity contribution in [1.82, 2.24) is 9.97 Å². The normalized spacial score (nSPS) is 20.4. The van der Waals surface area contributed by atoms with Crippen molar-refractivity contribution in [3.8, 4) is 0 Å². The van der Waals surface area contributed by atoms with Crippen LogP contribution < -0.4 is 4.90 Å². The molecule has 2 rings (SSSR count). The maximum absolute atomic E-state index is 5.78. The number of hydrogen-bond donors (Lipinski definition) is 0. The molecule has 1 aromatic rings. The largest absolute Gasteiger partial charge is 0.356 e. The number of thioether (sulfide) groups is 1. The van der Waals surface area contributed by atoms with Crippen molar-refractivity contribution >= 4 is 29.2 Å². The van der Waals surface area contributed by atoms with Gasteiger partial charge in [0.05, 0.1) is 0 Å². The number of rotatable bonds is 4. The predicted molar refractivity (Wildman–Crippen MR) is 69.5 cm³/mol. The van der Waals surface area contributed by atoms with Gasteiger partial charge in [-0.15, -0.1) is 23.4 Å². The lowest BCUT2D eigenvalue weighted by molar-refractivity contribution is 0.572. The van der Waals surface area contributed by atoms with Gasteiger partial charge in [-0.1, -0.05) is 0 Å². The van der Waals surface area contributed by atoms with E-state index in [0.29, 0.717) is 0 Å². The summed E-state index contributed by atoms with van der Waals surface area (Å²) >= 11 is 7.43. The van der Waals surface area contributed by atoms with Crippen molar-refractivity contribution in [1.29, 1.82) is 0 Å². The van der Waals surface area contributed by atoms with Gasteiger partial charge < -0.3 is 4.90 Å². The lowest BCUT2D eigenvalue weighted by atomic mass is 10.1. The Morgan fingerprint density at radius 2 is 2.44 bits per heavy atom. The van der Waals surface area contributed by atoms with Gasteiger partial charge in [-0.3, -0.25) is 0 Å². The fourth-order valence-corrected chi connectivity index (χ4v) is 2.73. The molecule has 1 unspecified atom stereocenters. The average molecular weight is 258 g/mol. The number of halogens is 1. The fraction of sp³-hybridized carbons (Fsp3) is 0.636. The minimum Gasteiger partial charge on any atom is -0.356 e. The summed E-state index contributed by atoms with van der Waals surface area (Å²) in [5.41, 5.74) is 0. The first-order chi connectivity index (χ1) is 7.83. The highest BCUT2D eigenvalue weighted by Gasteiger charge is 2.22. The van der Waals surface area contributed by atoms with Gasteiger partial charge >= 0.3 is 0 Å². The summed E-state index contributed by atoms with van der Waals surface area (Å²) in [4.78, 5) is 10.9. The van der Waals surface area contributed by atoms with E-state index in [4.69, 9.17) is 11.6 Å². The van der Waals surface area contributed by atoms with Gasteiger partial charge in [0, 0.05) is 25.0 Å². The third kappa shape index (κ3) is 2.80. The van der Waals surface area contributed by atoms with Crippen LogP contribution in [-0.2, 0) is 0 Å². The van der Waals surface area contributed by atoms with Crippen LogP contribution in [0.1, 0.15) is 12.8 Å². The molecular weight excluding hydrogens is 242 g/mol. The third-order valence-corrected chi connectivity index (χ3v) is 3.82. The number of alkyl halides is 1. The number of nitrogens with zero attached hydrogens (tertiary/aromatic N) is 3. The molecule has 0 bridgehead atoms. The van der Waals surface area contributed by atoms with Crippen molar-refractivity contribution < 1.29 is 0 Å². The summed E-state index contributed by atoms with van der Waals surface area (Å²) in [5, 5.41) is 1.03. The maximum atomic E-state index is 5.78. The standard InChI is InChI=1S/C11H16ClN3S/c1-16-11-6-10(13-8-14-11)15-5-3-9(7-15)2-4-12/h6,8-9H,2-5,7H2,1H3. The van der Waals surface area contributed by atoms with Crippen molar-refractivity contribution in [3.05, 3.63) is 12.4 Å². The van der Waals surface area contributed by atoms with Gasteiger partial charge in [-0.2, -0.15) is 0 Å².